The minimum Gasteiger partial charge on any atom is -0.478 e. The second-order valence-corrected chi connectivity index (χ2v) is 5.29. The lowest BCUT2D eigenvalue weighted by Gasteiger charge is -2.05. The van der Waals surface area contributed by atoms with E-state index in [0.29, 0.717) is 0 Å². The summed E-state index contributed by atoms with van der Waals surface area (Å²) in [5.74, 6) is -0.922. The monoisotopic (exact) mass is 331 g/mol. The van der Waals surface area contributed by atoms with Crippen LogP contribution in [0.2, 0.25) is 0 Å². The van der Waals surface area contributed by atoms with Gasteiger partial charge in [-0.2, -0.15) is 0 Å². The van der Waals surface area contributed by atoms with E-state index in [1.54, 1.807) is 6.08 Å². The van der Waals surface area contributed by atoms with Crippen LogP contribution in [0, 0.1) is 0 Å². The van der Waals surface area contributed by atoms with Crippen LogP contribution >= 0.6 is 0 Å². The van der Waals surface area contributed by atoms with Crippen LogP contribution in [-0.2, 0) is 11.3 Å². The van der Waals surface area contributed by atoms with Gasteiger partial charge in [-0.1, -0.05) is 78.9 Å². The van der Waals surface area contributed by atoms with Gasteiger partial charge in [0.05, 0.1) is 0 Å². The maximum Gasteiger partial charge on any atom is 0.328 e. The van der Waals surface area contributed by atoms with Gasteiger partial charge in [0, 0.05) is 18.3 Å². The number of carbonyl (C=O) groups is 1. The molecule has 0 spiro atoms. The number of aliphatic carboxylic acids is 1. The van der Waals surface area contributed by atoms with Gasteiger partial charge in [-0.3, -0.25) is 0 Å². The van der Waals surface area contributed by atoms with Crippen LogP contribution in [0.4, 0.5) is 5.69 Å². The normalized spacial score (nSPS) is 9.92. The fraction of sp³-hybridized carbons (Fsp3) is 0.0455. The molecule has 0 radical (unpaired) electrons. The second kappa shape index (κ2) is 10.4. The average molecular weight is 331 g/mol. The van der Waals surface area contributed by atoms with Crippen molar-refractivity contribution in [3.8, 4) is 0 Å². The molecule has 0 aromatic heterocycles. The molecule has 0 amide bonds. The van der Waals surface area contributed by atoms with Crippen LogP contribution < -0.4 is 5.32 Å². The maximum absolute atomic E-state index is 10.1. The number of hydrogen-bond donors (Lipinski definition) is 2. The van der Waals surface area contributed by atoms with Gasteiger partial charge < -0.3 is 10.4 Å². The lowest BCUT2D eigenvalue weighted by Crippen LogP contribution is -1.98. The first kappa shape index (κ1) is 18.0. The van der Waals surface area contributed by atoms with Crippen molar-refractivity contribution in [3.05, 3.63) is 108 Å². The number of carboxylic acid groups (broad SMARTS) is 1. The predicted molar refractivity (Wildman–Crippen MR) is 103 cm³/mol. The standard InChI is InChI=1S/C13H13N.C9H8O2/c1-3-7-12(8-4-1)11-14-13-9-5-2-6-10-13;10-9(11)7-6-8-4-2-1-3-5-8/h1-10,14H,11H2;1-7H,(H,10,11). The Morgan fingerprint density at radius 3 is 1.88 bits per heavy atom. The van der Waals surface area contributed by atoms with Crippen molar-refractivity contribution >= 4 is 17.7 Å². The Hall–Kier alpha value is -3.33. The SMILES string of the molecule is O=C(O)C=Cc1ccccc1.c1ccc(CNc2ccccc2)cc1. The van der Waals surface area contributed by atoms with Crippen LogP contribution in [0.3, 0.4) is 0 Å². The smallest absolute Gasteiger partial charge is 0.328 e. The zero-order valence-electron chi connectivity index (χ0n) is 13.9. The van der Waals surface area contributed by atoms with Gasteiger partial charge in [0.2, 0.25) is 0 Å². The Bertz CT molecular complexity index is 729. The van der Waals surface area contributed by atoms with E-state index in [1.807, 2.05) is 54.6 Å². The zero-order chi connectivity index (χ0) is 17.7. The molecular weight excluding hydrogens is 310 g/mol. The molecule has 25 heavy (non-hydrogen) atoms. The molecule has 0 unspecified atom stereocenters. The Labute approximate surface area is 148 Å². The molecule has 0 atom stereocenters. The zero-order valence-corrected chi connectivity index (χ0v) is 13.9. The van der Waals surface area contributed by atoms with Gasteiger partial charge in [0.1, 0.15) is 0 Å². The Morgan fingerprint density at radius 2 is 1.32 bits per heavy atom. The summed E-state index contributed by atoms with van der Waals surface area (Å²) in [4.78, 5) is 10.1. The minimum atomic E-state index is -0.922. The summed E-state index contributed by atoms with van der Waals surface area (Å²) in [6.45, 7) is 0.880. The molecule has 0 fully saturated rings. The number of hydrogen-bond acceptors (Lipinski definition) is 2. The van der Waals surface area contributed by atoms with Gasteiger partial charge in [-0.05, 0) is 29.3 Å². The molecule has 0 aliphatic carbocycles. The number of nitrogens with one attached hydrogen (secondary N) is 1. The number of rotatable bonds is 5. The molecule has 0 aliphatic rings. The third kappa shape index (κ3) is 7.66. The van der Waals surface area contributed by atoms with E-state index in [1.165, 1.54) is 5.56 Å². The van der Waals surface area contributed by atoms with E-state index < -0.39 is 5.97 Å². The molecule has 0 heterocycles. The Kier molecular flexibility index (Phi) is 7.53. The largest absolute Gasteiger partial charge is 0.478 e. The van der Waals surface area contributed by atoms with Crippen molar-refractivity contribution in [2.45, 2.75) is 6.54 Å². The van der Waals surface area contributed by atoms with Crippen LogP contribution in [0.25, 0.3) is 6.08 Å². The van der Waals surface area contributed by atoms with Crippen molar-refractivity contribution in [1.29, 1.82) is 0 Å². The van der Waals surface area contributed by atoms with Gasteiger partial charge in [0.15, 0.2) is 0 Å². The maximum atomic E-state index is 10.1. The lowest BCUT2D eigenvalue weighted by molar-refractivity contribution is -0.131. The molecule has 0 saturated heterocycles. The first-order valence-corrected chi connectivity index (χ1v) is 8.03. The molecule has 0 aliphatic heterocycles. The lowest BCUT2D eigenvalue weighted by atomic mass is 10.2. The third-order valence-corrected chi connectivity index (χ3v) is 3.33. The van der Waals surface area contributed by atoms with Crippen molar-refractivity contribution in [2.75, 3.05) is 5.32 Å². The van der Waals surface area contributed by atoms with Crippen molar-refractivity contribution in [3.63, 3.8) is 0 Å². The van der Waals surface area contributed by atoms with Crippen LogP contribution in [0.15, 0.2) is 97.1 Å². The van der Waals surface area contributed by atoms with Gasteiger partial charge >= 0.3 is 5.97 Å². The highest BCUT2D eigenvalue weighted by Gasteiger charge is 1.91. The average Bonchev–Trinajstić information content (AvgIpc) is 2.68. The summed E-state index contributed by atoms with van der Waals surface area (Å²) in [5.41, 5.74) is 3.36. The van der Waals surface area contributed by atoms with Crippen LogP contribution in [0.5, 0.6) is 0 Å². The van der Waals surface area contributed by atoms with Crippen molar-refractivity contribution < 1.29 is 9.90 Å². The molecule has 0 bridgehead atoms. The van der Waals surface area contributed by atoms with Crippen molar-refractivity contribution in [2.24, 2.45) is 0 Å². The third-order valence-electron chi connectivity index (χ3n) is 3.33. The Morgan fingerprint density at radius 1 is 0.800 bits per heavy atom. The van der Waals surface area contributed by atoms with Gasteiger partial charge in [-0.15, -0.1) is 0 Å². The predicted octanol–water partition coefficient (Wildman–Crippen LogP) is 5.08. The van der Waals surface area contributed by atoms with E-state index in [9.17, 15) is 4.79 Å². The fourth-order valence-corrected chi connectivity index (χ4v) is 2.09. The quantitative estimate of drug-likeness (QED) is 0.641. The number of carboxylic acids is 1. The molecule has 3 heteroatoms. The first-order chi connectivity index (χ1) is 12.2. The molecule has 3 rings (SSSR count). The highest BCUT2D eigenvalue weighted by molar-refractivity contribution is 5.85. The first-order valence-electron chi connectivity index (χ1n) is 8.03. The topological polar surface area (TPSA) is 49.3 Å². The molecule has 3 nitrogen and oxygen atoms in total. The summed E-state index contributed by atoms with van der Waals surface area (Å²) in [6.07, 6.45) is 2.68. The van der Waals surface area contributed by atoms with Gasteiger partial charge in [0.25, 0.3) is 0 Å². The molecule has 0 saturated carbocycles. The summed E-state index contributed by atoms with van der Waals surface area (Å²) in [5, 5.41) is 11.6. The fourth-order valence-electron chi connectivity index (χ4n) is 2.09. The van der Waals surface area contributed by atoms with Gasteiger partial charge in [-0.25, -0.2) is 4.79 Å². The van der Waals surface area contributed by atoms with E-state index in [4.69, 9.17) is 5.11 Å². The molecule has 2 N–H and O–H groups in total. The number of benzene rings is 3. The Balaban J connectivity index is 0.000000186. The molecule has 126 valence electrons. The molecular formula is C22H21NO2. The summed E-state index contributed by atoms with van der Waals surface area (Å²) in [6, 6.07) is 29.9. The van der Waals surface area contributed by atoms with E-state index in [-0.39, 0.29) is 0 Å². The highest BCUT2D eigenvalue weighted by atomic mass is 16.4. The van der Waals surface area contributed by atoms with E-state index in [0.717, 1.165) is 23.9 Å². The molecule has 3 aromatic carbocycles. The van der Waals surface area contributed by atoms with Crippen molar-refractivity contribution in [1.82, 2.24) is 0 Å². The summed E-state index contributed by atoms with van der Waals surface area (Å²) >= 11 is 0. The van der Waals surface area contributed by atoms with Crippen LogP contribution in [0.1, 0.15) is 11.1 Å². The van der Waals surface area contributed by atoms with E-state index in [2.05, 4.69) is 41.7 Å². The second-order valence-electron chi connectivity index (χ2n) is 5.29. The van der Waals surface area contributed by atoms with E-state index >= 15 is 0 Å². The highest BCUT2D eigenvalue weighted by Crippen LogP contribution is 2.07. The summed E-state index contributed by atoms with van der Waals surface area (Å²) < 4.78 is 0. The summed E-state index contributed by atoms with van der Waals surface area (Å²) in [7, 11) is 0. The number of para-hydroxylation sites is 1. The molecule has 3 aromatic rings. The minimum absolute atomic E-state index is 0.880. The van der Waals surface area contributed by atoms with Crippen LogP contribution in [-0.4, -0.2) is 11.1 Å². The number of anilines is 1.